The molecule has 96 valence electrons. The Morgan fingerprint density at radius 2 is 2.06 bits per heavy atom. The summed E-state index contributed by atoms with van der Waals surface area (Å²) in [5.74, 6) is -0.169. The van der Waals surface area contributed by atoms with Gasteiger partial charge < -0.3 is 9.73 Å². The SMILES string of the molecule is CC(Cl)C(C)(C)NC(=O)c1coc2ccccc12. The van der Waals surface area contributed by atoms with Gasteiger partial charge in [0, 0.05) is 5.39 Å². The van der Waals surface area contributed by atoms with Gasteiger partial charge in [-0.05, 0) is 26.8 Å². The number of nitrogens with one attached hydrogen (secondary N) is 1. The van der Waals surface area contributed by atoms with E-state index < -0.39 is 5.54 Å². The molecule has 1 amide bonds. The molecule has 0 spiro atoms. The number of benzene rings is 1. The van der Waals surface area contributed by atoms with Crippen LogP contribution in [0.2, 0.25) is 0 Å². The topological polar surface area (TPSA) is 42.2 Å². The van der Waals surface area contributed by atoms with Gasteiger partial charge in [0.25, 0.3) is 5.91 Å². The van der Waals surface area contributed by atoms with E-state index in [9.17, 15) is 4.79 Å². The zero-order valence-corrected chi connectivity index (χ0v) is 11.4. The summed E-state index contributed by atoms with van der Waals surface area (Å²) in [4.78, 5) is 12.2. The van der Waals surface area contributed by atoms with Crippen molar-refractivity contribution >= 4 is 28.5 Å². The highest BCUT2D eigenvalue weighted by atomic mass is 35.5. The minimum Gasteiger partial charge on any atom is -0.463 e. The van der Waals surface area contributed by atoms with E-state index in [4.69, 9.17) is 16.0 Å². The van der Waals surface area contributed by atoms with E-state index in [0.717, 1.165) is 5.39 Å². The second kappa shape index (κ2) is 4.65. The van der Waals surface area contributed by atoms with Gasteiger partial charge in [0.05, 0.1) is 16.5 Å². The first-order chi connectivity index (χ1) is 8.42. The van der Waals surface area contributed by atoms with Crippen LogP contribution in [-0.4, -0.2) is 16.8 Å². The Kier molecular flexibility index (Phi) is 3.35. The molecule has 3 nitrogen and oxygen atoms in total. The van der Waals surface area contributed by atoms with E-state index in [2.05, 4.69) is 5.32 Å². The lowest BCUT2D eigenvalue weighted by molar-refractivity contribution is 0.0913. The predicted octanol–water partition coefficient (Wildman–Crippen LogP) is 3.57. The van der Waals surface area contributed by atoms with Crippen molar-refractivity contribution in [3.8, 4) is 0 Å². The standard InChI is InChI=1S/C14H16ClNO2/c1-9(15)14(2,3)16-13(17)11-8-18-12-7-5-4-6-10(11)12/h4-9H,1-3H3,(H,16,17). The molecule has 1 atom stereocenters. The van der Waals surface area contributed by atoms with Gasteiger partial charge in [0.1, 0.15) is 11.8 Å². The smallest absolute Gasteiger partial charge is 0.255 e. The first-order valence-electron chi connectivity index (χ1n) is 5.84. The largest absolute Gasteiger partial charge is 0.463 e. The van der Waals surface area contributed by atoms with Crippen molar-refractivity contribution < 1.29 is 9.21 Å². The fourth-order valence-corrected chi connectivity index (χ4v) is 1.67. The molecule has 0 saturated carbocycles. The fourth-order valence-electron chi connectivity index (χ4n) is 1.61. The zero-order valence-electron chi connectivity index (χ0n) is 10.7. The van der Waals surface area contributed by atoms with Gasteiger partial charge in [-0.15, -0.1) is 11.6 Å². The van der Waals surface area contributed by atoms with Gasteiger partial charge in [0.15, 0.2) is 0 Å². The number of halogens is 1. The van der Waals surface area contributed by atoms with Gasteiger partial charge in [-0.2, -0.15) is 0 Å². The Morgan fingerprint density at radius 3 is 2.72 bits per heavy atom. The van der Waals surface area contributed by atoms with E-state index in [0.29, 0.717) is 11.1 Å². The van der Waals surface area contributed by atoms with Crippen LogP contribution in [0.15, 0.2) is 34.9 Å². The summed E-state index contributed by atoms with van der Waals surface area (Å²) in [5.41, 5.74) is 0.771. The summed E-state index contributed by atoms with van der Waals surface area (Å²) >= 11 is 6.05. The fraction of sp³-hybridized carbons (Fsp3) is 0.357. The number of hydrogen-bond donors (Lipinski definition) is 1. The van der Waals surface area contributed by atoms with Crippen LogP contribution in [0.3, 0.4) is 0 Å². The highest BCUT2D eigenvalue weighted by Crippen LogP contribution is 2.22. The van der Waals surface area contributed by atoms with E-state index in [1.165, 1.54) is 6.26 Å². The normalized spacial score (nSPS) is 13.6. The Bertz CT molecular complexity index is 572. The van der Waals surface area contributed by atoms with Gasteiger partial charge in [-0.25, -0.2) is 0 Å². The maximum Gasteiger partial charge on any atom is 0.255 e. The number of furan rings is 1. The van der Waals surface area contributed by atoms with Crippen LogP contribution >= 0.6 is 11.6 Å². The zero-order chi connectivity index (χ0) is 13.3. The molecule has 1 aromatic carbocycles. The molecule has 4 heteroatoms. The average molecular weight is 266 g/mol. The van der Waals surface area contributed by atoms with Gasteiger partial charge in [0.2, 0.25) is 0 Å². The summed E-state index contributed by atoms with van der Waals surface area (Å²) in [5, 5.41) is 3.57. The summed E-state index contributed by atoms with van der Waals surface area (Å²) in [7, 11) is 0. The molecule has 18 heavy (non-hydrogen) atoms. The molecular formula is C14H16ClNO2. The lowest BCUT2D eigenvalue weighted by atomic mass is 10.0. The number of alkyl halides is 1. The Labute approximate surface area is 111 Å². The summed E-state index contributed by atoms with van der Waals surface area (Å²) < 4.78 is 5.35. The molecule has 0 aliphatic rings. The summed E-state index contributed by atoms with van der Waals surface area (Å²) in [6.07, 6.45) is 1.48. The molecule has 1 heterocycles. The average Bonchev–Trinajstić information content (AvgIpc) is 2.71. The van der Waals surface area contributed by atoms with Gasteiger partial charge in [-0.3, -0.25) is 4.79 Å². The summed E-state index contributed by atoms with van der Waals surface area (Å²) in [6.45, 7) is 5.64. The quantitative estimate of drug-likeness (QED) is 0.862. The van der Waals surface area contributed by atoms with Crippen LogP contribution in [0.5, 0.6) is 0 Å². The molecule has 1 aromatic heterocycles. The third kappa shape index (κ3) is 2.36. The van der Waals surface area contributed by atoms with Crippen LogP contribution in [0.1, 0.15) is 31.1 Å². The first kappa shape index (κ1) is 13.0. The van der Waals surface area contributed by atoms with Crippen LogP contribution in [-0.2, 0) is 0 Å². The molecule has 0 aliphatic carbocycles. The Morgan fingerprint density at radius 1 is 1.39 bits per heavy atom. The first-order valence-corrected chi connectivity index (χ1v) is 6.28. The molecule has 0 fully saturated rings. The monoisotopic (exact) mass is 265 g/mol. The number of carbonyl (C=O) groups excluding carboxylic acids is 1. The second-order valence-corrected chi connectivity index (χ2v) is 5.59. The molecule has 0 radical (unpaired) electrons. The van der Waals surface area contributed by atoms with E-state index >= 15 is 0 Å². The van der Waals surface area contributed by atoms with Crippen LogP contribution in [0, 0.1) is 0 Å². The van der Waals surface area contributed by atoms with Crippen molar-refractivity contribution in [2.24, 2.45) is 0 Å². The number of hydrogen-bond acceptors (Lipinski definition) is 2. The number of amides is 1. The van der Waals surface area contributed by atoms with Gasteiger partial charge in [-0.1, -0.05) is 18.2 Å². The van der Waals surface area contributed by atoms with Crippen LogP contribution in [0.25, 0.3) is 11.0 Å². The van der Waals surface area contributed by atoms with Crippen molar-refractivity contribution in [1.29, 1.82) is 0 Å². The number of fused-ring (bicyclic) bond motifs is 1. The van der Waals surface area contributed by atoms with Crippen molar-refractivity contribution in [3.05, 3.63) is 36.1 Å². The van der Waals surface area contributed by atoms with Gasteiger partial charge >= 0.3 is 0 Å². The third-order valence-electron chi connectivity index (χ3n) is 3.16. The number of rotatable bonds is 3. The Balaban J connectivity index is 2.30. The summed E-state index contributed by atoms with van der Waals surface area (Å²) in [6, 6.07) is 7.45. The van der Waals surface area contributed by atoms with E-state index in [1.807, 2.05) is 45.0 Å². The highest BCUT2D eigenvalue weighted by Gasteiger charge is 2.27. The van der Waals surface area contributed by atoms with E-state index in [1.54, 1.807) is 0 Å². The molecule has 0 bridgehead atoms. The maximum absolute atomic E-state index is 12.2. The van der Waals surface area contributed by atoms with Crippen molar-refractivity contribution in [1.82, 2.24) is 5.32 Å². The minimum atomic E-state index is -0.475. The molecule has 0 saturated heterocycles. The van der Waals surface area contributed by atoms with Crippen molar-refractivity contribution in [2.45, 2.75) is 31.7 Å². The predicted molar refractivity (Wildman–Crippen MR) is 73.1 cm³/mol. The Hall–Kier alpha value is -1.48. The highest BCUT2D eigenvalue weighted by molar-refractivity contribution is 6.21. The minimum absolute atomic E-state index is 0.167. The molecule has 2 rings (SSSR count). The number of carbonyl (C=O) groups is 1. The van der Waals surface area contributed by atoms with Crippen LogP contribution in [0.4, 0.5) is 0 Å². The van der Waals surface area contributed by atoms with Crippen molar-refractivity contribution in [3.63, 3.8) is 0 Å². The number of para-hydroxylation sites is 1. The molecule has 0 aliphatic heterocycles. The molecular weight excluding hydrogens is 250 g/mol. The maximum atomic E-state index is 12.2. The molecule has 1 N–H and O–H groups in total. The molecule has 2 aromatic rings. The van der Waals surface area contributed by atoms with Crippen LogP contribution < -0.4 is 5.32 Å². The second-order valence-electron chi connectivity index (χ2n) is 4.94. The van der Waals surface area contributed by atoms with E-state index in [-0.39, 0.29) is 11.3 Å². The third-order valence-corrected chi connectivity index (χ3v) is 3.70. The molecule has 1 unspecified atom stereocenters. The van der Waals surface area contributed by atoms with Crippen molar-refractivity contribution in [2.75, 3.05) is 0 Å². The lowest BCUT2D eigenvalue weighted by Crippen LogP contribution is -2.48. The lowest BCUT2D eigenvalue weighted by Gasteiger charge is -2.28.